The number of pyridine rings is 1. The number of carbonyl (C=O) groups is 1. The smallest absolute Gasteiger partial charge is 0.233 e. The molecule has 1 heterocycles. The summed E-state index contributed by atoms with van der Waals surface area (Å²) < 4.78 is 0. The molecule has 0 spiro atoms. The molecule has 1 aliphatic rings. The van der Waals surface area contributed by atoms with E-state index in [-0.39, 0.29) is 11.8 Å². The SMILES string of the molecule is Cc1ncccc1N(C)C(=O)C1C=CCCCC1. The topological polar surface area (TPSA) is 33.2 Å². The number of aryl methyl sites for hydroxylation is 1. The minimum Gasteiger partial charge on any atom is -0.313 e. The highest BCUT2D eigenvalue weighted by atomic mass is 16.2. The van der Waals surface area contributed by atoms with Crippen molar-refractivity contribution in [2.45, 2.75) is 32.6 Å². The van der Waals surface area contributed by atoms with Gasteiger partial charge >= 0.3 is 0 Å². The van der Waals surface area contributed by atoms with Crippen LogP contribution in [0.2, 0.25) is 0 Å². The van der Waals surface area contributed by atoms with E-state index in [9.17, 15) is 4.79 Å². The zero-order valence-corrected chi connectivity index (χ0v) is 11.1. The Morgan fingerprint density at radius 2 is 2.28 bits per heavy atom. The second-order valence-electron chi connectivity index (χ2n) is 4.82. The summed E-state index contributed by atoms with van der Waals surface area (Å²) in [5, 5.41) is 0. The lowest BCUT2D eigenvalue weighted by atomic mass is 10.0. The molecule has 0 N–H and O–H groups in total. The van der Waals surface area contributed by atoms with Crippen LogP contribution in [0.15, 0.2) is 30.5 Å². The zero-order valence-electron chi connectivity index (χ0n) is 11.1. The normalized spacial score (nSPS) is 19.3. The Balaban J connectivity index is 2.15. The molecule has 0 aromatic carbocycles. The van der Waals surface area contributed by atoms with Gasteiger partial charge in [-0.2, -0.15) is 0 Å². The predicted molar refractivity (Wildman–Crippen MR) is 73.5 cm³/mol. The summed E-state index contributed by atoms with van der Waals surface area (Å²) in [7, 11) is 1.84. The van der Waals surface area contributed by atoms with Gasteiger partial charge in [0.1, 0.15) is 0 Å². The van der Waals surface area contributed by atoms with Crippen molar-refractivity contribution in [1.82, 2.24) is 4.98 Å². The van der Waals surface area contributed by atoms with Crippen molar-refractivity contribution < 1.29 is 4.79 Å². The highest BCUT2D eigenvalue weighted by Crippen LogP contribution is 2.23. The van der Waals surface area contributed by atoms with Gasteiger partial charge in [-0.25, -0.2) is 0 Å². The first-order valence-electron chi connectivity index (χ1n) is 6.56. The van der Waals surface area contributed by atoms with Crippen LogP contribution in [-0.2, 0) is 4.79 Å². The minimum atomic E-state index is 0.0251. The van der Waals surface area contributed by atoms with E-state index in [0.717, 1.165) is 30.6 Å². The molecule has 0 saturated heterocycles. The quantitative estimate of drug-likeness (QED) is 0.749. The summed E-state index contributed by atoms with van der Waals surface area (Å²) in [5.74, 6) is 0.196. The molecule has 0 radical (unpaired) electrons. The number of hydrogen-bond donors (Lipinski definition) is 0. The van der Waals surface area contributed by atoms with Crippen LogP contribution in [0, 0.1) is 12.8 Å². The molecular weight excluding hydrogens is 224 g/mol. The van der Waals surface area contributed by atoms with Crippen molar-refractivity contribution in [2.75, 3.05) is 11.9 Å². The van der Waals surface area contributed by atoms with Crippen molar-refractivity contribution >= 4 is 11.6 Å². The summed E-state index contributed by atoms with van der Waals surface area (Å²) in [4.78, 5) is 18.4. The molecule has 0 aliphatic heterocycles. The molecule has 0 saturated carbocycles. The number of allylic oxidation sites excluding steroid dienone is 1. The monoisotopic (exact) mass is 244 g/mol. The minimum absolute atomic E-state index is 0.0251. The van der Waals surface area contributed by atoms with Gasteiger partial charge in [-0.15, -0.1) is 0 Å². The van der Waals surface area contributed by atoms with Crippen molar-refractivity contribution in [2.24, 2.45) is 5.92 Å². The van der Waals surface area contributed by atoms with Crippen LogP contribution in [0.3, 0.4) is 0 Å². The fourth-order valence-corrected chi connectivity index (χ4v) is 2.39. The number of aromatic nitrogens is 1. The van der Waals surface area contributed by atoms with Crippen molar-refractivity contribution in [1.29, 1.82) is 0 Å². The van der Waals surface area contributed by atoms with E-state index in [1.807, 2.05) is 26.1 Å². The van der Waals surface area contributed by atoms with Crippen LogP contribution in [0.5, 0.6) is 0 Å². The lowest BCUT2D eigenvalue weighted by Gasteiger charge is -2.22. The molecule has 2 rings (SSSR count). The van der Waals surface area contributed by atoms with E-state index in [1.54, 1.807) is 11.1 Å². The highest BCUT2D eigenvalue weighted by Gasteiger charge is 2.22. The molecule has 1 aromatic heterocycles. The Labute approximate surface area is 109 Å². The maximum atomic E-state index is 12.5. The van der Waals surface area contributed by atoms with E-state index in [1.165, 1.54) is 6.42 Å². The fourth-order valence-electron chi connectivity index (χ4n) is 2.39. The molecule has 0 fully saturated rings. The fraction of sp³-hybridized carbons (Fsp3) is 0.467. The first kappa shape index (κ1) is 12.8. The van der Waals surface area contributed by atoms with Crippen molar-refractivity contribution in [3.8, 4) is 0 Å². The Bertz CT molecular complexity index is 454. The van der Waals surface area contributed by atoms with E-state index in [2.05, 4.69) is 17.1 Å². The van der Waals surface area contributed by atoms with Gasteiger partial charge in [-0.05, 0) is 38.3 Å². The number of rotatable bonds is 2. The lowest BCUT2D eigenvalue weighted by Crippen LogP contribution is -2.32. The highest BCUT2D eigenvalue weighted by molar-refractivity contribution is 5.96. The van der Waals surface area contributed by atoms with Crippen LogP contribution < -0.4 is 4.90 Å². The van der Waals surface area contributed by atoms with Gasteiger partial charge in [-0.1, -0.05) is 18.6 Å². The first-order chi connectivity index (χ1) is 8.70. The number of anilines is 1. The maximum Gasteiger partial charge on any atom is 0.233 e. The van der Waals surface area contributed by atoms with E-state index in [4.69, 9.17) is 0 Å². The van der Waals surface area contributed by atoms with Gasteiger partial charge < -0.3 is 4.90 Å². The van der Waals surface area contributed by atoms with Gasteiger partial charge in [0, 0.05) is 13.2 Å². The number of hydrogen-bond acceptors (Lipinski definition) is 2. The molecule has 1 aromatic rings. The van der Waals surface area contributed by atoms with E-state index >= 15 is 0 Å². The lowest BCUT2D eigenvalue weighted by molar-refractivity contribution is -0.120. The van der Waals surface area contributed by atoms with Gasteiger partial charge in [0.15, 0.2) is 0 Å². The van der Waals surface area contributed by atoms with Gasteiger partial charge in [0.2, 0.25) is 5.91 Å². The maximum absolute atomic E-state index is 12.5. The Morgan fingerprint density at radius 3 is 3.06 bits per heavy atom. The van der Waals surface area contributed by atoms with Crippen molar-refractivity contribution in [3.05, 3.63) is 36.2 Å². The molecule has 96 valence electrons. The summed E-state index contributed by atoms with van der Waals surface area (Å²) in [5.41, 5.74) is 1.80. The number of nitrogens with zero attached hydrogens (tertiary/aromatic N) is 2. The molecule has 18 heavy (non-hydrogen) atoms. The summed E-state index contributed by atoms with van der Waals surface area (Å²) >= 11 is 0. The zero-order chi connectivity index (χ0) is 13.0. The Morgan fingerprint density at radius 1 is 1.44 bits per heavy atom. The third-order valence-corrected chi connectivity index (χ3v) is 3.49. The second kappa shape index (κ2) is 5.80. The third kappa shape index (κ3) is 2.78. The molecule has 3 nitrogen and oxygen atoms in total. The van der Waals surface area contributed by atoms with Crippen molar-refractivity contribution in [3.63, 3.8) is 0 Å². The predicted octanol–water partition coefficient (Wildman–Crippen LogP) is 3.10. The summed E-state index contributed by atoms with van der Waals surface area (Å²) in [6, 6.07) is 3.82. The first-order valence-corrected chi connectivity index (χ1v) is 6.56. The number of amides is 1. The molecular formula is C15H20N2O. The average molecular weight is 244 g/mol. The third-order valence-electron chi connectivity index (χ3n) is 3.49. The Hall–Kier alpha value is -1.64. The molecule has 1 aliphatic carbocycles. The molecule has 1 unspecified atom stereocenters. The molecule has 3 heteroatoms. The second-order valence-corrected chi connectivity index (χ2v) is 4.82. The van der Waals surface area contributed by atoms with E-state index < -0.39 is 0 Å². The number of carbonyl (C=O) groups excluding carboxylic acids is 1. The molecule has 1 amide bonds. The van der Waals surface area contributed by atoms with E-state index in [0.29, 0.717) is 0 Å². The largest absolute Gasteiger partial charge is 0.313 e. The van der Waals surface area contributed by atoms with Crippen LogP contribution in [0.1, 0.15) is 31.4 Å². The van der Waals surface area contributed by atoms with Crippen LogP contribution >= 0.6 is 0 Å². The summed E-state index contributed by atoms with van der Waals surface area (Å²) in [6.07, 6.45) is 10.3. The van der Waals surface area contributed by atoms with Crippen LogP contribution in [0.4, 0.5) is 5.69 Å². The van der Waals surface area contributed by atoms with Gasteiger partial charge in [-0.3, -0.25) is 9.78 Å². The average Bonchev–Trinajstić information content (AvgIpc) is 2.66. The van der Waals surface area contributed by atoms with Crippen LogP contribution in [0.25, 0.3) is 0 Å². The van der Waals surface area contributed by atoms with Crippen LogP contribution in [-0.4, -0.2) is 17.9 Å². The molecule has 0 bridgehead atoms. The Kier molecular flexibility index (Phi) is 4.13. The molecule has 1 atom stereocenters. The standard InChI is InChI=1S/C15H20N2O/c1-12-14(10-7-11-16-12)17(2)15(18)13-8-5-3-4-6-9-13/h5,7-8,10-11,13H,3-4,6,9H2,1-2H3. The van der Waals surface area contributed by atoms with Gasteiger partial charge in [0.05, 0.1) is 17.3 Å². The summed E-state index contributed by atoms with van der Waals surface area (Å²) in [6.45, 7) is 1.93. The van der Waals surface area contributed by atoms with Gasteiger partial charge in [0.25, 0.3) is 0 Å².